The fraction of sp³-hybridized carbons (Fsp3) is 1.00. The third-order valence-electron chi connectivity index (χ3n) is 5.43. The Morgan fingerprint density at radius 1 is 1.19 bits per heavy atom. The van der Waals surface area contributed by atoms with Crippen LogP contribution in [-0.2, 0) is 0 Å². The first-order chi connectivity index (χ1) is 7.49. The van der Waals surface area contributed by atoms with Gasteiger partial charge >= 0.3 is 0 Å². The highest BCUT2D eigenvalue weighted by molar-refractivity contribution is 4.91. The molecule has 0 spiro atoms. The molecule has 2 fully saturated rings. The first kappa shape index (κ1) is 12.4. The van der Waals surface area contributed by atoms with Crippen LogP contribution >= 0.6 is 0 Å². The maximum absolute atomic E-state index is 3.73. The summed E-state index contributed by atoms with van der Waals surface area (Å²) in [4.78, 5) is 0. The van der Waals surface area contributed by atoms with E-state index in [1.807, 2.05) is 0 Å². The molecular formula is C15H29N. The lowest BCUT2D eigenvalue weighted by Crippen LogP contribution is -2.36. The third kappa shape index (κ3) is 2.61. The summed E-state index contributed by atoms with van der Waals surface area (Å²) in [7, 11) is 0. The molecule has 2 aliphatic rings. The number of fused-ring (bicyclic) bond motifs is 2. The molecule has 2 aliphatic carbocycles. The standard InChI is InChI=1S/C15H29N/c1-11(2)15(3,4)10-16-9-14-8-12-5-6-13(14)7-12/h11-14,16H,5-10H2,1-4H3. The smallest absolute Gasteiger partial charge is 0.000508 e. The minimum atomic E-state index is 0.442. The first-order valence-corrected chi connectivity index (χ1v) is 7.20. The van der Waals surface area contributed by atoms with Gasteiger partial charge in [0.25, 0.3) is 0 Å². The van der Waals surface area contributed by atoms with Crippen LogP contribution in [0.15, 0.2) is 0 Å². The molecule has 0 heterocycles. The van der Waals surface area contributed by atoms with Gasteiger partial charge in [-0.15, -0.1) is 0 Å². The molecule has 0 amide bonds. The van der Waals surface area contributed by atoms with Gasteiger partial charge in [0.2, 0.25) is 0 Å². The monoisotopic (exact) mass is 223 g/mol. The number of hydrogen-bond acceptors (Lipinski definition) is 1. The Balaban J connectivity index is 1.69. The molecular weight excluding hydrogens is 194 g/mol. The van der Waals surface area contributed by atoms with Crippen molar-refractivity contribution in [3.05, 3.63) is 0 Å². The zero-order valence-electron chi connectivity index (χ0n) is 11.6. The zero-order chi connectivity index (χ0) is 11.8. The van der Waals surface area contributed by atoms with Crippen LogP contribution in [0, 0.1) is 29.1 Å². The van der Waals surface area contributed by atoms with E-state index in [2.05, 4.69) is 33.0 Å². The minimum absolute atomic E-state index is 0.442. The van der Waals surface area contributed by atoms with Gasteiger partial charge in [-0.2, -0.15) is 0 Å². The second kappa shape index (κ2) is 4.68. The lowest BCUT2D eigenvalue weighted by atomic mass is 9.81. The summed E-state index contributed by atoms with van der Waals surface area (Å²) in [5.74, 6) is 3.93. The Hall–Kier alpha value is -0.0400. The van der Waals surface area contributed by atoms with Crippen LogP contribution in [0.5, 0.6) is 0 Å². The predicted molar refractivity (Wildman–Crippen MR) is 70.4 cm³/mol. The lowest BCUT2D eigenvalue weighted by Gasteiger charge is -2.31. The molecule has 1 nitrogen and oxygen atoms in total. The van der Waals surface area contributed by atoms with Crippen LogP contribution < -0.4 is 5.32 Å². The molecule has 0 radical (unpaired) electrons. The van der Waals surface area contributed by atoms with Crippen molar-refractivity contribution in [3.8, 4) is 0 Å². The zero-order valence-corrected chi connectivity index (χ0v) is 11.6. The normalized spacial score (nSPS) is 33.9. The average molecular weight is 223 g/mol. The summed E-state index contributed by atoms with van der Waals surface area (Å²) in [5, 5.41) is 3.73. The Kier molecular flexibility index (Phi) is 3.63. The van der Waals surface area contributed by atoms with E-state index in [4.69, 9.17) is 0 Å². The molecule has 16 heavy (non-hydrogen) atoms. The van der Waals surface area contributed by atoms with E-state index in [1.54, 1.807) is 6.42 Å². The molecule has 2 saturated carbocycles. The van der Waals surface area contributed by atoms with Gasteiger partial charge in [-0.3, -0.25) is 0 Å². The topological polar surface area (TPSA) is 12.0 Å². The summed E-state index contributed by atoms with van der Waals surface area (Å²) < 4.78 is 0. The highest BCUT2D eigenvalue weighted by atomic mass is 14.9. The van der Waals surface area contributed by atoms with Crippen molar-refractivity contribution >= 4 is 0 Å². The number of nitrogens with one attached hydrogen (secondary N) is 1. The van der Waals surface area contributed by atoms with E-state index < -0.39 is 0 Å². The molecule has 94 valence electrons. The van der Waals surface area contributed by atoms with E-state index >= 15 is 0 Å². The van der Waals surface area contributed by atoms with Crippen LogP contribution in [0.1, 0.15) is 53.4 Å². The molecule has 2 rings (SSSR count). The Labute approximate surface area is 101 Å². The maximum atomic E-state index is 3.73. The molecule has 0 aliphatic heterocycles. The van der Waals surface area contributed by atoms with Gasteiger partial charge in [0.05, 0.1) is 0 Å². The molecule has 0 saturated heterocycles. The van der Waals surface area contributed by atoms with Gasteiger partial charge in [-0.25, -0.2) is 0 Å². The number of rotatable bonds is 5. The fourth-order valence-electron chi connectivity index (χ4n) is 3.41. The summed E-state index contributed by atoms with van der Waals surface area (Å²) in [6.07, 6.45) is 6.10. The summed E-state index contributed by atoms with van der Waals surface area (Å²) in [6, 6.07) is 0. The highest BCUT2D eigenvalue weighted by Gasteiger charge is 2.39. The van der Waals surface area contributed by atoms with Crippen molar-refractivity contribution in [1.29, 1.82) is 0 Å². The highest BCUT2D eigenvalue weighted by Crippen LogP contribution is 2.47. The molecule has 0 aromatic carbocycles. The van der Waals surface area contributed by atoms with E-state index in [1.165, 1.54) is 32.4 Å². The van der Waals surface area contributed by atoms with Gasteiger partial charge in [0.15, 0.2) is 0 Å². The Morgan fingerprint density at radius 2 is 1.94 bits per heavy atom. The molecule has 3 atom stereocenters. The van der Waals surface area contributed by atoms with E-state index in [9.17, 15) is 0 Å². The van der Waals surface area contributed by atoms with E-state index in [0.717, 1.165) is 23.7 Å². The molecule has 1 N–H and O–H groups in total. The second-order valence-electron chi connectivity index (χ2n) is 7.21. The molecule has 0 aromatic heterocycles. The quantitative estimate of drug-likeness (QED) is 0.749. The minimum Gasteiger partial charge on any atom is -0.316 e. The average Bonchev–Trinajstić information content (AvgIpc) is 2.78. The molecule has 0 aromatic rings. The summed E-state index contributed by atoms with van der Waals surface area (Å²) in [6.45, 7) is 11.9. The van der Waals surface area contributed by atoms with Crippen molar-refractivity contribution in [2.24, 2.45) is 29.1 Å². The number of hydrogen-bond donors (Lipinski definition) is 1. The van der Waals surface area contributed by atoms with Gasteiger partial charge in [-0.1, -0.05) is 34.1 Å². The van der Waals surface area contributed by atoms with Crippen molar-refractivity contribution in [2.75, 3.05) is 13.1 Å². The van der Waals surface area contributed by atoms with Crippen molar-refractivity contribution < 1.29 is 0 Å². The van der Waals surface area contributed by atoms with Crippen LogP contribution in [0.25, 0.3) is 0 Å². The van der Waals surface area contributed by atoms with Crippen LogP contribution in [0.3, 0.4) is 0 Å². The van der Waals surface area contributed by atoms with E-state index in [0.29, 0.717) is 5.41 Å². The fourth-order valence-corrected chi connectivity index (χ4v) is 3.41. The van der Waals surface area contributed by atoms with Crippen LogP contribution in [-0.4, -0.2) is 13.1 Å². The third-order valence-corrected chi connectivity index (χ3v) is 5.43. The Morgan fingerprint density at radius 3 is 2.44 bits per heavy atom. The summed E-state index contributed by atoms with van der Waals surface area (Å²) >= 11 is 0. The summed E-state index contributed by atoms with van der Waals surface area (Å²) in [5.41, 5.74) is 0.442. The molecule has 1 heteroatoms. The Bertz CT molecular complexity index is 232. The van der Waals surface area contributed by atoms with Crippen molar-refractivity contribution in [2.45, 2.75) is 53.4 Å². The van der Waals surface area contributed by atoms with Crippen LogP contribution in [0.4, 0.5) is 0 Å². The largest absolute Gasteiger partial charge is 0.316 e. The lowest BCUT2D eigenvalue weighted by molar-refractivity contribution is 0.223. The second-order valence-corrected chi connectivity index (χ2v) is 7.21. The van der Waals surface area contributed by atoms with Crippen LogP contribution in [0.2, 0.25) is 0 Å². The SMILES string of the molecule is CC(C)C(C)(C)CNCC1CC2CCC1C2. The molecule has 2 bridgehead atoms. The van der Waals surface area contributed by atoms with Gasteiger partial charge in [0, 0.05) is 6.54 Å². The van der Waals surface area contributed by atoms with Crippen molar-refractivity contribution in [1.82, 2.24) is 5.32 Å². The van der Waals surface area contributed by atoms with Gasteiger partial charge < -0.3 is 5.32 Å². The van der Waals surface area contributed by atoms with Gasteiger partial charge in [-0.05, 0) is 54.9 Å². The van der Waals surface area contributed by atoms with Crippen molar-refractivity contribution in [3.63, 3.8) is 0 Å². The molecule has 3 unspecified atom stereocenters. The van der Waals surface area contributed by atoms with E-state index in [-0.39, 0.29) is 0 Å². The van der Waals surface area contributed by atoms with Gasteiger partial charge in [0.1, 0.15) is 0 Å². The maximum Gasteiger partial charge on any atom is 0.000508 e. The first-order valence-electron chi connectivity index (χ1n) is 7.20. The predicted octanol–water partition coefficient (Wildman–Crippen LogP) is 3.69.